The second kappa shape index (κ2) is 8.79. The lowest BCUT2D eigenvalue weighted by Crippen LogP contribution is -2.38. The predicted molar refractivity (Wildman–Crippen MR) is 117 cm³/mol. The van der Waals surface area contributed by atoms with Crippen molar-refractivity contribution < 1.29 is 32.7 Å². The Balaban J connectivity index is 1.97. The van der Waals surface area contributed by atoms with Crippen LogP contribution in [0.1, 0.15) is 22.6 Å². The molecule has 0 radical (unpaired) electrons. The van der Waals surface area contributed by atoms with Crippen molar-refractivity contribution >= 4 is 23.0 Å². The number of para-hydroxylation sites is 2. The van der Waals surface area contributed by atoms with Crippen molar-refractivity contribution in [2.45, 2.75) is 24.6 Å². The van der Waals surface area contributed by atoms with E-state index in [1.807, 2.05) is 0 Å². The summed E-state index contributed by atoms with van der Waals surface area (Å²) in [7, 11) is 1.45. The summed E-state index contributed by atoms with van der Waals surface area (Å²) in [4.78, 5) is 25.2. The number of methoxy groups -OCH3 is 1. The Morgan fingerprint density at radius 2 is 1.68 bits per heavy atom. The van der Waals surface area contributed by atoms with Gasteiger partial charge in [0.2, 0.25) is 0 Å². The quantitative estimate of drug-likeness (QED) is 0.427. The van der Waals surface area contributed by atoms with Gasteiger partial charge >= 0.3 is 6.18 Å². The highest BCUT2D eigenvalue weighted by Crippen LogP contribution is 2.45. The smallest absolute Gasteiger partial charge is 0.416 e. The predicted octanol–water partition coefficient (Wildman–Crippen LogP) is 4.99. The fourth-order valence-corrected chi connectivity index (χ4v) is 4.23. The number of amides is 1. The van der Waals surface area contributed by atoms with Gasteiger partial charge in [-0.1, -0.05) is 30.3 Å². The average molecular weight is 472 g/mol. The molecule has 10 heteroatoms. The maximum absolute atomic E-state index is 14.0. The van der Waals surface area contributed by atoms with Crippen LogP contribution in [0.5, 0.6) is 5.75 Å². The summed E-state index contributed by atoms with van der Waals surface area (Å²) in [5, 5.41) is 22.7. The fourth-order valence-electron chi connectivity index (χ4n) is 4.23. The number of carbonyl (C=O) groups is 1. The van der Waals surface area contributed by atoms with Gasteiger partial charge in [0.15, 0.2) is 0 Å². The standard InChI is InChI=1S/C24H19F3N2O5/c1-34-15-11-9-14(10-12-15)16-13-17-18(24(25,26)27)5-4-8-19(17)28(23(31)22(16)30)20-6-2-3-7-21(20)29(32)33/h2-12,16,22,30H,13H2,1H3/t16-,22+/m0/s1. The van der Waals surface area contributed by atoms with Crippen LogP contribution in [0, 0.1) is 10.1 Å². The molecule has 1 heterocycles. The number of aliphatic hydroxyl groups is 1. The maximum Gasteiger partial charge on any atom is 0.416 e. The maximum atomic E-state index is 14.0. The zero-order valence-corrected chi connectivity index (χ0v) is 17.8. The van der Waals surface area contributed by atoms with Crippen molar-refractivity contribution in [3.63, 3.8) is 0 Å². The molecule has 0 aromatic heterocycles. The molecule has 0 bridgehead atoms. The van der Waals surface area contributed by atoms with E-state index >= 15 is 0 Å². The number of benzene rings is 3. The van der Waals surface area contributed by atoms with Crippen LogP contribution in [0.4, 0.5) is 30.2 Å². The van der Waals surface area contributed by atoms with E-state index in [1.165, 1.54) is 31.4 Å². The van der Waals surface area contributed by atoms with Crippen LogP contribution in [-0.2, 0) is 17.4 Å². The number of hydrogen-bond acceptors (Lipinski definition) is 5. The lowest BCUT2D eigenvalue weighted by atomic mass is 9.86. The van der Waals surface area contributed by atoms with E-state index in [1.54, 1.807) is 24.3 Å². The van der Waals surface area contributed by atoms with E-state index in [2.05, 4.69) is 0 Å². The largest absolute Gasteiger partial charge is 0.497 e. The summed E-state index contributed by atoms with van der Waals surface area (Å²) in [6, 6.07) is 14.8. The Hall–Kier alpha value is -3.92. The Morgan fingerprint density at radius 1 is 1.03 bits per heavy atom. The molecule has 3 aromatic rings. The Labute approximate surface area is 192 Å². The molecule has 176 valence electrons. The molecule has 0 unspecified atom stereocenters. The van der Waals surface area contributed by atoms with Crippen LogP contribution < -0.4 is 9.64 Å². The van der Waals surface area contributed by atoms with Crippen LogP contribution in [0.15, 0.2) is 66.7 Å². The zero-order valence-electron chi connectivity index (χ0n) is 17.8. The van der Waals surface area contributed by atoms with Crippen molar-refractivity contribution in [3.05, 3.63) is 93.5 Å². The number of nitro groups is 1. The van der Waals surface area contributed by atoms with Crippen molar-refractivity contribution in [2.75, 3.05) is 12.0 Å². The zero-order chi connectivity index (χ0) is 24.6. The first kappa shape index (κ1) is 23.2. The monoisotopic (exact) mass is 472 g/mol. The third-order valence-corrected chi connectivity index (χ3v) is 5.84. The molecule has 0 aliphatic carbocycles. The third kappa shape index (κ3) is 4.08. The van der Waals surface area contributed by atoms with Crippen LogP contribution in [0.25, 0.3) is 0 Å². The summed E-state index contributed by atoms with van der Waals surface area (Å²) in [5.74, 6) is -1.50. The molecule has 1 amide bonds. The highest BCUT2D eigenvalue weighted by molar-refractivity contribution is 6.06. The van der Waals surface area contributed by atoms with Crippen LogP contribution in [-0.4, -0.2) is 29.2 Å². The summed E-state index contributed by atoms with van der Waals surface area (Å²) in [5.41, 5.74) is -1.66. The first-order chi connectivity index (χ1) is 16.1. The van der Waals surface area contributed by atoms with Gasteiger partial charge in [0, 0.05) is 12.0 Å². The normalized spacial score (nSPS) is 18.3. The lowest BCUT2D eigenvalue weighted by molar-refractivity contribution is -0.384. The first-order valence-electron chi connectivity index (χ1n) is 10.2. The Kier molecular flexibility index (Phi) is 6.01. The minimum absolute atomic E-state index is 0.163. The topological polar surface area (TPSA) is 92.9 Å². The van der Waals surface area contributed by atoms with E-state index in [0.29, 0.717) is 11.3 Å². The first-order valence-corrected chi connectivity index (χ1v) is 10.2. The number of halogens is 3. The molecule has 1 aliphatic rings. The molecule has 4 rings (SSSR count). The van der Waals surface area contributed by atoms with E-state index in [4.69, 9.17) is 4.74 Å². The van der Waals surface area contributed by atoms with E-state index in [0.717, 1.165) is 23.1 Å². The van der Waals surface area contributed by atoms with Crippen molar-refractivity contribution in [1.82, 2.24) is 0 Å². The molecular formula is C24H19F3N2O5. The van der Waals surface area contributed by atoms with Gasteiger partial charge in [0.05, 0.1) is 23.3 Å². The van der Waals surface area contributed by atoms with Gasteiger partial charge in [-0.2, -0.15) is 13.2 Å². The minimum Gasteiger partial charge on any atom is -0.497 e. The highest BCUT2D eigenvalue weighted by atomic mass is 19.4. The van der Waals surface area contributed by atoms with Crippen LogP contribution >= 0.6 is 0 Å². The molecular weight excluding hydrogens is 453 g/mol. The number of alkyl halides is 3. The van der Waals surface area contributed by atoms with E-state index < -0.39 is 40.3 Å². The Bertz CT molecular complexity index is 1240. The molecule has 3 aromatic carbocycles. The summed E-state index contributed by atoms with van der Waals surface area (Å²) in [6.45, 7) is 0. The molecule has 1 N–H and O–H groups in total. The Morgan fingerprint density at radius 3 is 2.29 bits per heavy atom. The number of anilines is 2. The number of nitro benzene ring substituents is 1. The summed E-state index contributed by atoms with van der Waals surface area (Å²) >= 11 is 0. The molecule has 0 saturated heterocycles. The van der Waals surface area contributed by atoms with Gasteiger partial charge in [-0.3, -0.25) is 19.8 Å². The van der Waals surface area contributed by atoms with Crippen LogP contribution in [0.2, 0.25) is 0 Å². The van der Waals surface area contributed by atoms with Gasteiger partial charge in [-0.25, -0.2) is 0 Å². The van der Waals surface area contributed by atoms with Gasteiger partial charge in [-0.15, -0.1) is 0 Å². The average Bonchev–Trinajstić information content (AvgIpc) is 2.92. The molecule has 7 nitrogen and oxygen atoms in total. The second-order valence-electron chi connectivity index (χ2n) is 7.75. The second-order valence-corrected chi connectivity index (χ2v) is 7.75. The van der Waals surface area contributed by atoms with Crippen molar-refractivity contribution in [3.8, 4) is 5.75 Å². The summed E-state index contributed by atoms with van der Waals surface area (Å²) in [6.07, 6.45) is -6.83. The van der Waals surface area contributed by atoms with E-state index in [9.17, 15) is 33.2 Å². The fraction of sp³-hybridized carbons (Fsp3) is 0.208. The number of ether oxygens (including phenoxy) is 1. The third-order valence-electron chi connectivity index (χ3n) is 5.84. The van der Waals surface area contributed by atoms with Gasteiger partial charge in [-0.05, 0) is 47.9 Å². The highest BCUT2D eigenvalue weighted by Gasteiger charge is 2.43. The molecule has 2 atom stereocenters. The number of aliphatic hydroxyl groups excluding tert-OH is 1. The SMILES string of the molecule is COc1ccc([C@@H]2Cc3c(cccc3C(F)(F)F)N(c3ccccc3[N+](=O)[O-])C(=O)[C@@H]2O)cc1. The lowest BCUT2D eigenvalue weighted by Gasteiger charge is -2.26. The van der Waals surface area contributed by atoms with E-state index in [-0.39, 0.29) is 23.4 Å². The number of rotatable bonds is 4. The van der Waals surface area contributed by atoms with Crippen molar-refractivity contribution in [1.29, 1.82) is 0 Å². The minimum atomic E-state index is -4.75. The molecule has 0 spiro atoms. The molecule has 0 saturated carbocycles. The van der Waals surface area contributed by atoms with Gasteiger partial charge < -0.3 is 9.84 Å². The van der Waals surface area contributed by atoms with Gasteiger partial charge in [0.25, 0.3) is 11.6 Å². The molecule has 1 aliphatic heterocycles. The number of hydrogen-bond donors (Lipinski definition) is 1. The molecule has 34 heavy (non-hydrogen) atoms. The molecule has 0 fully saturated rings. The van der Waals surface area contributed by atoms with Crippen molar-refractivity contribution in [2.24, 2.45) is 0 Å². The number of nitrogens with zero attached hydrogens (tertiary/aromatic N) is 2. The number of fused-ring (bicyclic) bond motifs is 1. The summed E-state index contributed by atoms with van der Waals surface area (Å²) < 4.78 is 47.0. The number of carbonyl (C=O) groups excluding carboxylic acids is 1. The van der Waals surface area contributed by atoms with Crippen LogP contribution in [0.3, 0.4) is 0 Å². The van der Waals surface area contributed by atoms with Gasteiger partial charge in [0.1, 0.15) is 17.5 Å².